The third kappa shape index (κ3) is 5.98. The second kappa shape index (κ2) is 10.3. The SMILES string of the molecule is CCNC(=NCC1(O)CCSC1)N1CCOC(c2ccc(C)cc2C)C1.I. The molecule has 2 unspecified atom stereocenters. The van der Waals surface area contributed by atoms with Crippen LogP contribution in [0.25, 0.3) is 0 Å². The summed E-state index contributed by atoms with van der Waals surface area (Å²) in [5.74, 6) is 2.69. The molecule has 1 aromatic carbocycles. The quantitative estimate of drug-likeness (QED) is 0.374. The van der Waals surface area contributed by atoms with Crippen LogP contribution in [0.1, 0.15) is 36.1 Å². The molecule has 0 spiro atoms. The normalized spacial score (nSPS) is 26.0. The van der Waals surface area contributed by atoms with Gasteiger partial charge in [0, 0.05) is 18.8 Å². The van der Waals surface area contributed by atoms with Crippen molar-refractivity contribution in [3.05, 3.63) is 34.9 Å². The summed E-state index contributed by atoms with van der Waals surface area (Å²) in [5.41, 5.74) is 3.15. The molecule has 0 saturated carbocycles. The van der Waals surface area contributed by atoms with E-state index in [1.807, 2.05) is 11.8 Å². The molecule has 2 aliphatic rings. The van der Waals surface area contributed by atoms with Gasteiger partial charge in [-0.15, -0.1) is 24.0 Å². The van der Waals surface area contributed by atoms with Crippen molar-refractivity contribution in [1.82, 2.24) is 10.2 Å². The molecule has 0 aliphatic carbocycles. The molecule has 0 aromatic heterocycles. The van der Waals surface area contributed by atoms with Gasteiger partial charge in [0.1, 0.15) is 6.10 Å². The van der Waals surface area contributed by atoms with Crippen molar-refractivity contribution >= 4 is 41.7 Å². The lowest BCUT2D eigenvalue weighted by molar-refractivity contribution is -0.00855. The molecule has 0 amide bonds. The van der Waals surface area contributed by atoms with E-state index in [4.69, 9.17) is 9.73 Å². The Bertz CT molecular complexity index is 650. The minimum atomic E-state index is -0.648. The topological polar surface area (TPSA) is 57.1 Å². The zero-order valence-electron chi connectivity index (χ0n) is 16.5. The van der Waals surface area contributed by atoms with Crippen LogP contribution < -0.4 is 5.32 Å². The van der Waals surface area contributed by atoms with Gasteiger partial charge in [0.15, 0.2) is 5.96 Å². The number of aryl methyl sites for hydroxylation is 2. The van der Waals surface area contributed by atoms with E-state index in [-0.39, 0.29) is 30.1 Å². The Morgan fingerprint density at radius 3 is 2.93 bits per heavy atom. The standard InChI is InChI=1S/C20H31N3O2S.HI/c1-4-21-19(22-13-20(24)7-10-26-14-20)23-8-9-25-18(12-23)17-6-5-15(2)11-16(17)3;/h5-6,11,18,24H,4,7-10,12-14H2,1-3H3,(H,21,22);1H. The Hall–Kier alpha value is -0.510. The number of rotatable bonds is 4. The zero-order chi connectivity index (χ0) is 18.6. The van der Waals surface area contributed by atoms with Crippen LogP contribution in [0.5, 0.6) is 0 Å². The molecular weight excluding hydrogens is 473 g/mol. The number of morpholine rings is 1. The van der Waals surface area contributed by atoms with Crippen molar-refractivity contribution < 1.29 is 9.84 Å². The lowest BCUT2D eigenvalue weighted by Gasteiger charge is -2.36. The molecule has 0 bridgehead atoms. The van der Waals surface area contributed by atoms with Gasteiger partial charge in [0.05, 0.1) is 25.3 Å². The third-order valence-corrected chi connectivity index (χ3v) is 6.31. The zero-order valence-corrected chi connectivity index (χ0v) is 19.7. The van der Waals surface area contributed by atoms with E-state index in [2.05, 4.69) is 49.2 Å². The summed E-state index contributed by atoms with van der Waals surface area (Å²) in [5, 5.41) is 14.0. The highest BCUT2D eigenvalue weighted by Gasteiger charge is 2.32. The fraction of sp³-hybridized carbons (Fsp3) is 0.650. The summed E-state index contributed by atoms with van der Waals surface area (Å²) in [4.78, 5) is 7.03. The number of hydrogen-bond donors (Lipinski definition) is 2. The molecule has 27 heavy (non-hydrogen) atoms. The van der Waals surface area contributed by atoms with E-state index in [0.29, 0.717) is 13.2 Å². The lowest BCUT2D eigenvalue weighted by atomic mass is 10.00. The third-order valence-electron chi connectivity index (χ3n) is 5.08. The van der Waals surface area contributed by atoms with Crippen molar-refractivity contribution in [2.24, 2.45) is 4.99 Å². The molecule has 5 nitrogen and oxygen atoms in total. The highest BCUT2D eigenvalue weighted by molar-refractivity contribution is 14.0. The molecule has 152 valence electrons. The molecule has 2 fully saturated rings. The lowest BCUT2D eigenvalue weighted by Crippen LogP contribution is -2.49. The van der Waals surface area contributed by atoms with Crippen molar-refractivity contribution in [3.63, 3.8) is 0 Å². The van der Waals surface area contributed by atoms with Crippen molar-refractivity contribution in [2.45, 2.75) is 38.9 Å². The minimum absolute atomic E-state index is 0. The highest BCUT2D eigenvalue weighted by Crippen LogP contribution is 2.29. The highest BCUT2D eigenvalue weighted by atomic mass is 127. The van der Waals surface area contributed by atoms with E-state index in [9.17, 15) is 5.11 Å². The van der Waals surface area contributed by atoms with Crippen LogP contribution in [0.2, 0.25) is 0 Å². The first kappa shape index (κ1) is 22.8. The number of halogens is 1. The largest absolute Gasteiger partial charge is 0.387 e. The first-order valence-electron chi connectivity index (χ1n) is 9.53. The number of guanidine groups is 1. The Labute approximate surface area is 184 Å². The van der Waals surface area contributed by atoms with E-state index in [1.54, 1.807) is 0 Å². The Kier molecular flexibility index (Phi) is 8.70. The van der Waals surface area contributed by atoms with E-state index in [0.717, 1.165) is 43.5 Å². The average Bonchev–Trinajstić information content (AvgIpc) is 3.05. The number of ether oxygens (including phenoxy) is 1. The molecular formula is C20H32IN3O2S. The van der Waals surface area contributed by atoms with Gasteiger partial charge in [-0.25, -0.2) is 0 Å². The van der Waals surface area contributed by atoms with Crippen LogP contribution in [0, 0.1) is 13.8 Å². The summed E-state index contributed by atoms with van der Waals surface area (Å²) >= 11 is 1.81. The van der Waals surface area contributed by atoms with Gasteiger partial charge < -0.3 is 20.1 Å². The first-order valence-corrected chi connectivity index (χ1v) is 10.7. The molecule has 2 aliphatic heterocycles. The Morgan fingerprint density at radius 1 is 1.44 bits per heavy atom. The number of benzene rings is 1. The van der Waals surface area contributed by atoms with Crippen LogP contribution in [0.4, 0.5) is 0 Å². The second-order valence-electron chi connectivity index (χ2n) is 7.36. The average molecular weight is 505 g/mol. The molecule has 7 heteroatoms. The number of nitrogens with one attached hydrogen (secondary N) is 1. The fourth-order valence-electron chi connectivity index (χ4n) is 3.59. The number of thioether (sulfide) groups is 1. The van der Waals surface area contributed by atoms with E-state index >= 15 is 0 Å². The monoisotopic (exact) mass is 505 g/mol. The van der Waals surface area contributed by atoms with Gasteiger partial charge >= 0.3 is 0 Å². The maximum absolute atomic E-state index is 10.6. The van der Waals surface area contributed by atoms with Crippen molar-refractivity contribution in [2.75, 3.05) is 44.3 Å². The predicted octanol–water partition coefficient (Wildman–Crippen LogP) is 3.13. The molecule has 3 rings (SSSR count). The van der Waals surface area contributed by atoms with Gasteiger partial charge in [-0.05, 0) is 44.1 Å². The van der Waals surface area contributed by atoms with Gasteiger partial charge in [0.2, 0.25) is 0 Å². The number of hydrogen-bond acceptors (Lipinski definition) is 4. The second-order valence-corrected chi connectivity index (χ2v) is 8.47. The van der Waals surface area contributed by atoms with Crippen molar-refractivity contribution in [1.29, 1.82) is 0 Å². The summed E-state index contributed by atoms with van der Waals surface area (Å²) in [6.45, 7) is 9.92. The van der Waals surface area contributed by atoms with Gasteiger partial charge in [0.25, 0.3) is 0 Å². The Morgan fingerprint density at radius 2 is 2.26 bits per heavy atom. The smallest absolute Gasteiger partial charge is 0.194 e. The number of nitrogens with zero attached hydrogens (tertiary/aromatic N) is 2. The molecule has 2 atom stereocenters. The summed E-state index contributed by atoms with van der Waals surface area (Å²) < 4.78 is 6.06. The molecule has 2 N–H and O–H groups in total. The predicted molar refractivity (Wildman–Crippen MR) is 124 cm³/mol. The fourth-order valence-corrected chi connectivity index (χ4v) is 4.87. The van der Waals surface area contributed by atoms with Crippen LogP contribution in [-0.4, -0.2) is 65.9 Å². The van der Waals surface area contributed by atoms with Crippen LogP contribution in [-0.2, 0) is 4.74 Å². The number of aliphatic hydroxyl groups is 1. The Balaban J connectivity index is 0.00000261. The minimum Gasteiger partial charge on any atom is -0.387 e. The van der Waals surface area contributed by atoms with E-state index < -0.39 is 5.60 Å². The maximum Gasteiger partial charge on any atom is 0.194 e. The van der Waals surface area contributed by atoms with Gasteiger partial charge in [-0.2, -0.15) is 11.8 Å². The first-order chi connectivity index (χ1) is 12.5. The summed E-state index contributed by atoms with van der Waals surface area (Å²) in [7, 11) is 0. The maximum atomic E-state index is 10.6. The van der Waals surface area contributed by atoms with Crippen LogP contribution in [0.15, 0.2) is 23.2 Å². The molecule has 1 aromatic rings. The molecule has 0 radical (unpaired) electrons. The van der Waals surface area contributed by atoms with Crippen LogP contribution >= 0.6 is 35.7 Å². The summed E-state index contributed by atoms with van der Waals surface area (Å²) in [6.07, 6.45) is 0.882. The van der Waals surface area contributed by atoms with E-state index in [1.165, 1.54) is 16.7 Å². The van der Waals surface area contributed by atoms with Gasteiger partial charge in [-0.3, -0.25) is 4.99 Å². The summed E-state index contributed by atoms with van der Waals surface area (Å²) in [6, 6.07) is 6.54. The van der Waals surface area contributed by atoms with Crippen LogP contribution in [0.3, 0.4) is 0 Å². The van der Waals surface area contributed by atoms with Crippen molar-refractivity contribution in [3.8, 4) is 0 Å². The molecule has 2 heterocycles. The number of aliphatic imine (C=N–C) groups is 1. The van der Waals surface area contributed by atoms with Gasteiger partial charge in [-0.1, -0.05) is 23.8 Å². The molecule has 2 saturated heterocycles.